The van der Waals surface area contributed by atoms with Gasteiger partial charge in [-0.2, -0.15) is 14.8 Å². The minimum absolute atomic E-state index is 0.151. The monoisotopic (exact) mass is 457 g/mol. The number of hydrogen-bond acceptors (Lipinski definition) is 7. The molecule has 1 aliphatic carbocycles. The number of hydrogen-bond donors (Lipinski definition) is 0. The van der Waals surface area contributed by atoms with Gasteiger partial charge in [-0.05, 0) is 42.8 Å². The molecule has 0 atom stereocenters. The zero-order valence-corrected chi connectivity index (χ0v) is 19.5. The third-order valence-electron chi connectivity index (χ3n) is 6.99. The topological polar surface area (TPSA) is 78.4 Å². The van der Waals surface area contributed by atoms with Crippen molar-refractivity contribution in [3.63, 3.8) is 0 Å². The van der Waals surface area contributed by atoms with Crippen LogP contribution in [0.5, 0.6) is 0 Å². The maximum absolute atomic E-state index is 14.7. The minimum atomic E-state index is -0.341. The van der Waals surface area contributed by atoms with Crippen LogP contribution in [-0.4, -0.2) is 70.4 Å². The van der Waals surface area contributed by atoms with Crippen LogP contribution in [0.25, 0.3) is 16.9 Å². The van der Waals surface area contributed by atoms with Crippen LogP contribution in [-0.2, 0) is 9.47 Å². The highest BCUT2D eigenvalue weighted by atomic mass is 19.1. The molecular weight excluding hydrogens is 425 g/mol. The third kappa shape index (κ3) is 4.29. The van der Waals surface area contributed by atoms with Crippen molar-refractivity contribution in [2.24, 2.45) is 0 Å². The fourth-order valence-corrected chi connectivity index (χ4v) is 5.14. The molecule has 0 N–H and O–H groups in total. The molecule has 9 heteroatoms. The van der Waals surface area contributed by atoms with E-state index in [0.717, 1.165) is 63.1 Å². The average molecular weight is 458 g/mol. The molecule has 0 unspecified atom stereocenters. The maximum atomic E-state index is 14.7. The summed E-state index contributed by atoms with van der Waals surface area (Å²) in [6.07, 6.45) is 4.06. The standard InChI is InChI=1S/C24H32FN5O3/c1-15(2)21-19-5-4-6-20(25)22(19)30(27-21)24-26-23(33-28-24)16-13-18(14-16)29(9-12-31-3)17-7-10-32-11-8-17/h4-6,15-18H,7-14H2,1-3H3/t16-,18-. The van der Waals surface area contributed by atoms with E-state index in [1.165, 1.54) is 10.7 Å². The highest BCUT2D eigenvalue weighted by molar-refractivity contribution is 5.84. The predicted molar refractivity (Wildman–Crippen MR) is 121 cm³/mol. The zero-order chi connectivity index (χ0) is 22.9. The van der Waals surface area contributed by atoms with E-state index in [0.29, 0.717) is 23.5 Å². The molecule has 3 aromatic rings. The summed E-state index contributed by atoms with van der Waals surface area (Å²) < 4.78 is 32.7. The number of rotatable bonds is 8. The van der Waals surface area contributed by atoms with Crippen molar-refractivity contribution in [3.8, 4) is 5.95 Å². The van der Waals surface area contributed by atoms with Crippen LogP contribution in [0.15, 0.2) is 22.7 Å². The second-order valence-corrected chi connectivity index (χ2v) is 9.42. The molecular formula is C24H32FN5O3. The Morgan fingerprint density at radius 3 is 2.73 bits per heavy atom. The normalized spacial score (nSPS) is 21.9. The lowest BCUT2D eigenvalue weighted by atomic mass is 9.78. The Morgan fingerprint density at radius 1 is 1.21 bits per heavy atom. The first-order chi connectivity index (χ1) is 16.1. The average Bonchev–Trinajstić information content (AvgIpc) is 3.41. The van der Waals surface area contributed by atoms with E-state index in [9.17, 15) is 4.39 Å². The number of aromatic nitrogens is 4. The number of ether oxygens (including phenoxy) is 2. The molecule has 1 aliphatic heterocycles. The lowest BCUT2D eigenvalue weighted by molar-refractivity contribution is -0.0186. The number of benzene rings is 1. The van der Waals surface area contributed by atoms with Crippen LogP contribution in [0.2, 0.25) is 0 Å². The van der Waals surface area contributed by atoms with Crippen LogP contribution in [0.1, 0.15) is 63.0 Å². The third-order valence-corrected chi connectivity index (χ3v) is 6.99. The van der Waals surface area contributed by atoms with E-state index in [-0.39, 0.29) is 23.6 Å². The summed E-state index contributed by atoms with van der Waals surface area (Å²) in [5, 5.41) is 9.58. The molecule has 33 heavy (non-hydrogen) atoms. The van der Waals surface area contributed by atoms with Crippen molar-refractivity contribution >= 4 is 10.9 Å². The molecule has 8 nitrogen and oxygen atoms in total. The van der Waals surface area contributed by atoms with Gasteiger partial charge in [0.05, 0.1) is 12.3 Å². The van der Waals surface area contributed by atoms with Gasteiger partial charge in [0.15, 0.2) is 0 Å². The van der Waals surface area contributed by atoms with E-state index >= 15 is 0 Å². The molecule has 2 aromatic heterocycles. The molecule has 178 valence electrons. The van der Waals surface area contributed by atoms with E-state index in [4.69, 9.17) is 14.0 Å². The predicted octanol–water partition coefficient (Wildman–Crippen LogP) is 4.04. The summed E-state index contributed by atoms with van der Waals surface area (Å²) in [7, 11) is 1.75. The first-order valence-corrected chi connectivity index (χ1v) is 11.9. The molecule has 1 saturated carbocycles. The lowest BCUT2D eigenvalue weighted by Crippen LogP contribution is -2.52. The largest absolute Gasteiger partial charge is 0.383 e. The Balaban J connectivity index is 1.33. The van der Waals surface area contributed by atoms with Crippen molar-refractivity contribution in [3.05, 3.63) is 35.6 Å². The molecule has 1 aromatic carbocycles. The second-order valence-electron chi connectivity index (χ2n) is 9.42. The molecule has 0 spiro atoms. The van der Waals surface area contributed by atoms with Gasteiger partial charge in [0.25, 0.3) is 5.95 Å². The van der Waals surface area contributed by atoms with Crippen molar-refractivity contribution in [1.29, 1.82) is 0 Å². The highest BCUT2D eigenvalue weighted by Crippen LogP contribution is 2.41. The van der Waals surface area contributed by atoms with Gasteiger partial charge in [-0.1, -0.05) is 26.0 Å². The Hall–Kier alpha value is -2.36. The molecule has 0 radical (unpaired) electrons. The maximum Gasteiger partial charge on any atom is 0.291 e. The molecule has 2 aliphatic rings. The number of para-hydroxylation sites is 1. The molecule has 0 bridgehead atoms. The van der Waals surface area contributed by atoms with Gasteiger partial charge < -0.3 is 14.0 Å². The van der Waals surface area contributed by atoms with Crippen LogP contribution >= 0.6 is 0 Å². The number of nitrogens with zero attached hydrogens (tertiary/aromatic N) is 5. The van der Waals surface area contributed by atoms with Gasteiger partial charge in [0, 0.05) is 50.3 Å². The van der Waals surface area contributed by atoms with E-state index in [2.05, 4.69) is 20.1 Å². The van der Waals surface area contributed by atoms with Crippen molar-refractivity contribution in [2.45, 2.75) is 63.5 Å². The zero-order valence-electron chi connectivity index (χ0n) is 19.5. The highest BCUT2D eigenvalue weighted by Gasteiger charge is 2.40. The van der Waals surface area contributed by atoms with Gasteiger partial charge in [-0.15, -0.1) is 0 Å². The lowest BCUT2D eigenvalue weighted by Gasteiger charge is -2.46. The first-order valence-electron chi connectivity index (χ1n) is 11.9. The van der Waals surface area contributed by atoms with Crippen LogP contribution in [0, 0.1) is 5.82 Å². The van der Waals surface area contributed by atoms with Crippen LogP contribution in [0.4, 0.5) is 4.39 Å². The summed E-state index contributed by atoms with van der Waals surface area (Å²) in [5.41, 5.74) is 1.22. The number of methoxy groups -OCH3 is 1. The fourth-order valence-electron chi connectivity index (χ4n) is 5.14. The molecule has 1 saturated heterocycles. The van der Waals surface area contributed by atoms with Crippen molar-refractivity contribution in [1.82, 2.24) is 24.8 Å². The smallest absolute Gasteiger partial charge is 0.291 e. The number of fused-ring (bicyclic) bond motifs is 1. The fraction of sp³-hybridized carbons (Fsp3) is 0.625. The van der Waals surface area contributed by atoms with Crippen LogP contribution in [0.3, 0.4) is 0 Å². The van der Waals surface area contributed by atoms with Gasteiger partial charge in [0.1, 0.15) is 11.3 Å². The summed E-state index contributed by atoms with van der Waals surface area (Å²) in [6.45, 7) is 7.37. The van der Waals surface area contributed by atoms with Gasteiger partial charge in [-0.25, -0.2) is 4.39 Å². The van der Waals surface area contributed by atoms with E-state index in [1.54, 1.807) is 13.2 Å². The van der Waals surface area contributed by atoms with Gasteiger partial charge >= 0.3 is 0 Å². The summed E-state index contributed by atoms with van der Waals surface area (Å²) >= 11 is 0. The van der Waals surface area contributed by atoms with Crippen molar-refractivity contribution in [2.75, 3.05) is 33.5 Å². The minimum Gasteiger partial charge on any atom is -0.383 e. The summed E-state index contributed by atoms with van der Waals surface area (Å²) in [5.74, 6) is 0.907. The molecule has 0 amide bonds. The Labute approximate surface area is 193 Å². The molecule has 5 rings (SSSR count). The van der Waals surface area contributed by atoms with Crippen LogP contribution < -0.4 is 0 Å². The Bertz CT molecular complexity index is 1090. The Morgan fingerprint density at radius 2 is 2.00 bits per heavy atom. The second kappa shape index (κ2) is 9.48. The quantitative estimate of drug-likeness (QED) is 0.505. The number of halogens is 1. The Kier molecular flexibility index (Phi) is 6.44. The van der Waals surface area contributed by atoms with Gasteiger partial charge in [-0.3, -0.25) is 4.90 Å². The van der Waals surface area contributed by atoms with Crippen molar-refractivity contribution < 1.29 is 18.4 Å². The molecule has 2 fully saturated rings. The van der Waals surface area contributed by atoms with E-state index in [1.807, 2.05) is 19.9 Å². The van der Waals surface area contributed by atoms with E-state index < -0.39 is 0 Å². The SMILES string of the molecule is COCCN(C1CCOCC1)[C@H]1C[C@H](c2nc(-n3nc(C(C)C)c4cccc(F)c43)no2)C1. The van der Waals surface area contributed by atoms with Gasteiger partial charge in [0.2, 0.25) is 5.89 Å². The first kappa shape index (κ1) is 22.4. The molecule has 3 heterocycles. The summed E-state index contributed by atoms with van der Waals surface area (Å²) in [4.78, 5) is 7.20. The summed E-state index contributed by atoms with van der Waals surface area (Å²) in [6, 6.07) is 6.04.